The molecule has 4 bridgehead atoms. The first-order chi connectivity index (χ1) is 7.90. The molecule has 0 aromatic carbocycles. The molecule has 0 aromatic rings. The quantitative estimate of drug-likeness (QED) is 0.572. The van der Waals surface area contributed by atoms with Crippen molar-refractivity contribution in [2.75, 3.05) is 0 Å². The summed E-state index contributed by atoms with van der Waals surface area (Å²) in [5.74, 6) is 9.59. The zero-order valence-corrected chi connectivity index (χ0v) is 10.3. The summed E-state index contributed by atoms with van der Waals surface area (Å²) in [6, 6.07) is 0. The van der Waals surface area contributed by atoms with Gasteiger partial charge in [-0.2, -0.15) is 0 Å². The summed E-state index contributed by atoms with van der Waals surface area (Å²) in [5.41, 5.74) is 0. The molecular formula is C16H24. The molecule has 5 fully saturated rings. The van der Waals surface area contributed by atoms with E-state index < -0.39 is 0 Å². The Morgan fingerprint density at radius 1 is 0.375 bits per heavy atom. The Hall–Kier alpha value is 0. The van der Waals surface area contributed by atoms with Crippen LogP contribution in [0, 0.1) is 47.3 Å². The van der Waals surface area contributed by atoms with Gasteiger partial charge in [-0.25, -0.2) is 0 Å². The van der Waals surface area contributed by atoms with Crippen molar-refractivity contribution in [2.24, 2.45) is 47.3 Å². The molecule has 8 unspecified atom stereocenters. The molecule has 5 aliphatic carbocycles. The van der Waals surface area contributed by atoms with Crippen LogP contribution in [0.2, 0.25) is 0 Å². The van der Waals surface area contributed by atoms with E-state index >= 15 is 0 Å². The molecule has 0 amide bonds. The molecule has 0 radical (unpaired) electrons. The van der Waals surface area contributed by atoms with Crippen LogP contribution in [0.1, 0.15) is 51.4 Å². The van der Waals surface area contributed by atoms with Crippen LogP contribution >= 0.6 is 0 Å². The van der Waals surface area contributed by atoms with Gasteiger partial charge in [-0.15, -0.1) is 0 Å². The maximum Gasteiger partial charge on any atom is -0.0352 e. The van der Waals surface area contributed by atoms with E-state index in [1.807, 2.05) is 0 Å². The summed E-state index contributed by atoms with van der Waals surface area (Å²) in [6.45, 7) is 0. The SMILES string of the molecule is C1CC2CC1C1CC3C4CCC(C4)C3CC21. The second kappa shape index (κ2) is 2.87. The average Bonchev–Trinajstić information content (AvgIpc) is 3.07. The standard InChI is InChI=1S/C16H24/c1-2-10-5-9(1)13-7-15-11-3-4-12(6-11)16(15)8-14(10)13/h9-16H,1-8H2. The van der Waals surface area contributed by atoms with Crippen LogP contribution in [-0.2, 0) is 0 Å². The van der Waals surface area contributed by atoms with E-state index in [9.17, 15) is 0 Å². The zero-order valence-electron chi connectivity index (χ0n) is 10.3. The van der Waals surface area contributed by atoms with E-state index in [-0.39, 0.29) is 0 Å². The minimum atomic E-state index is 1.19. The van der Waals surface area contributed by atoms with E-state index in [0.29, 0.717) is 0 Å². The lowest BCUT2D eigenvalue weighted by Crippen LogP contribution is -2.37. The number of rotatable bonds is 0. The average molecular weight is 216 g/mol. The minimum Gasteiger partial charge on any atom is -0.0499 e. The minimum absolute atomic E-state index is 1.19. The number of fused-ring (bicyclic) bond motifs is 10. The van der Waals surface area contributed by atoms with Crippen molar-refractivity contribution in [3.63, 3.8) is 0 Å². The molecule has 0 N–H and O–H groups in total. The Bertz CT molecular complexity index is 260. The highest BCUT2D eigenvalue weighted by molar-refractivity contribution is 5.07. The highest BCUT2D eigenvalue weighted by Crippen LogP contribution is 2.66. The molecule has 0 aromatic heterocycles. The monoisotopic (exact) mass is 216 g/mol. The highest BCUT2D eigenvalue weighted by Gasteiger charge is 2.57. The second-order valence-electron chi connectivity index (χ2n) is 7.79. The summed E-state index contributed by atoms with van der Waals surface area (Å²) in [6.07, 6.45) is 13.1. The van der Waals surface area contributed by atoms with E-state index in [2.05, 4.69) is 0 Å². The van der Waals surface area contributed by atoms with Gasteiger partial charge in [0.05, 0.1) is 0 Å². The Morgan fingerprint density at radius 3 is 1.00 bits per heavy atom. The van der Waals surface area contributed by atoms with Crippen molar-refractivity contribution in [1.82, 2.24) is 0 Å². The molecule has 0 aliphatic heterocycles. The molecule has 0 saturated heterocycles. The van der Waals surface area contributed by atoms with Crippen LogP contribution < -0.4 is 0 Å². The number of hydrogen-bond donors (Lipinski definition) is 0. The fourth-order valence-corrected chi connectivity index (χ4v) is 7.16. The third-order valence-corrected chi connectivity index (χ3v) is 7.64. The molecule has 5 rings (SSSR count). The predicted octanol–water partition coefficient (Wildman–Crippen LogP) is 4.10. The third kappa shape index (κ3) is 0.946. The largest absolute Gasteiger partial charge is 0.0499 e. The maximum absolute atomic E-state index is 1.68. The fraction of sp³-hybridized carbons (Fsp3) is 1.00. The van der Waals surface area contributed by atoms with Crippen LogP contribution in [0.25, 0.3) is 0 Å². The summed E-state index contributed by atoms with van der Waals surface area (Å²) >= 11 is 0. The van der Waals surface area contributed by atoms with Crippen LogP contribution in [0.4, 0.5) is 0 Å². The maximum atomic E-state index is 1.68. The predicted molar refractivity (Wildman–Crippen MR) is 64.9 cm³/mol. The summed E-state index contributed by atoms with van der Waals surface area (Å²) < 4.78 is 0. The van der Waals surface area contributed by atoms with Gasteiger partial charge in [-0.1, -0.05) is 0 Å². The molecule has 0 heteroatoms. The van der Waals surface area contributed by atoms with Crippen molar-refractivity contribution in [3.8, 4) is 0 Å². The molecule has 0 heterocycles. The van der Waals surface area contributed by atoms with E-state index in [1.165, 1.54) is 47.3 Å². The normalized spacial score (nSPS) is 66.0. The van der Waals surface area contributed by atoms with Crippen molar-refractivity contribution >= 4 is 0 Å². The van der Waals surface area contributed by atoms with Crippen molar-refractivity contribution in [3.05, 3.63) is 0 Å². The topological polar surface area (TPSA) is 0 Å². The molecule has 5 aliphatic rings. The molecule has 0 spiro atoms. The van der Waals surface area contributed by atoms with E-state index in [0.717, 1.165) is 0 Å². The van der Waals surface area contributed by atoms with Crippen LogP contribution in [0.15, 0.2) is 0 Å². The molecule has 88 valence electrons. The lowest BCUT2D eigenvalue weighted by atomic mass is 9.60. The van der Waals surface area contributed by atoms with Gasteiger partial charge >= 0.3 is 0 Å². The van der Waals surface area contributed by atoms with Gasteiger partial charge in [0.15, 0.2) is 0 Å². The zero-order chi connectivity index (χ0) is 10.3. The fourth-order valence-electron chi connectivity index (χ4n) is 7.16. The van der Waals surface area contributed by atoms with Crippen molar-refractivity contribution < 1.29 is 0 Å². The second-order valence-corrected chi connectivity index (χ2v) is 7.79. The molecule has 0 nitrogen and oxygen atoms in total. The first-order valence-electron chi connectivity index (χ1n) is 7.90. The van der Waals surface area contributed by atoms with Gasteiger partial charge in [-0.3, -0.25) is 0 Å². The lowest BCUT2D eigenvalue weighted by molar-refractivity contribution is 0.0392. The van der Waals surface area contributed by atoms with Crippen LogP contribution in [0.3, 0.4) is 0 Å². The lowest BCUT2D eigenvalue weighted by Gasteiger charge is -2.45. The van der Waals surface area contributed by atoms with Crippen LogP contribution in [0.5, 0.6) is 0 Å². The van der Waals surface area contributed by atoms with Gasteiger partial charge in [0.1, 0.15) is 0 Å². The van der Waals surface area contributed by atoms with Gasteiger partial charge in [0.25, 0.3) is 0 Å². The molecule has 16 heavy (non-hydrogen) atoms. The van der Waals surface area contributed by atoms with E-state index in [1.54, 1.807) is 51.4 Å². The van der Waals surface area contributed by atoms with Crippen molar-refractivity contribution in [2.45, 2.75) is 51.4 Å². The highest BCUT2D eigenvalue weighted by atomic mass is 14.6. The Labute approximate surface area is 99.2 Å². The first-order valence-corrected chi connectivity index (χ1v) is 7.90. The Kier molecular flexibility index (Phi) is 1.61. The molecule has 8 atom stereocenters. The molecular weight excluding hydrogens is 192 g/mol. The Balaban J connectivity index is 1.48. The van der Waals surface area contributed by atoms with Crippen LogP contribution in [-0.4, -0.2) is 0 Å². The van der Waals surface area contributed by atoms with Gasteiger partial charge in [-0.05, 0) is 98.7 Å². The number of hydrogen-bond acceptors (Lipinski definition) is 0. The first kappa shape index (κ1) is 9.00. The third-order valence-electron chi connectivity index (χ3n) is 7.64. The van der Waals surface area contributed by atoms with Gasteiger partial charge in [0.2, 0.25) is 0 Å². The van der Waals surface area contributed by atoms with Gasteiger partial charge in [0, 0.05) is 0 Å². The summed E-state index contributed by atoms with van der Waals surface area (Å²) in [5, 5.41) is 0. The van der Waals surface area contributed by atoms with Gasteiger partial charge < -0.3 is 0 Å². The Morgan fingerprint density at radius 2 is 0.688 bits per heavy atom. The molecule has 5 saturated carbocycles. The summed E-state index contributed by atoms with van der Waals surface area (Å²) in [7, 11) is 0. The van der Waals surface area contributed by atoms with E-state index in [4.69, 9.17) is 0 Å². The summed E-state index contributed by atoms with van der Waals surface area (Å²) in [4.78, 5) is 0. The smallest absolute Gasteiger partial charge is 0.0352 e. The van der Waals surface area contributed by atoms with Crippen molar-refractivity contribution in [1.29, 1.82) is 0 Å².